The van der Waals surface area contributed by atoms with E-state index < -0.39 is 12.0 Å². The Bertz CT molecular complexity index is 863. The van der Waals surface area contributed by atoms with Gasteiger partial charge in [0.1, 0.15) is 6.04 Å². The lowest BCUT2D eigenvalue weighted by Gasteiger charge is -2.32. The fourth-order valence-corrected chi connectivity index (χ4v) is 3.89. The average molecular weight is 348 g/mol. The molecule has 4 rings (SSSR count). The minimum Gasteiger partial charge on any atom is -0.466 e. The summed E-state index contributed by atoms with van der Waals surface area (Å²) in [5.74, 6) is -0.692. The third-order valence-corrected chi connectivity index (χ3v) is 5.06. The van der Waals surface area contributed by atoms with E-state index in [9.17, 15) is 9.59 Å². The summed E-state index contributed by atoms with van der Waals surface area (Å²) in [5, 5.41) is 6.32. The summed E-state index contributed by atoms with van der Waals surface area (Å²) < 4.78 is 5.29. The molecular weight excluding hydrogens is 328 g/mol. The summed E-state index contributed by atoms with van der Waals surface area (Å²) in [6.07, 6.45) is 2.17. The van der Waals surface area contributed by atoms with E-state index in [2.05, 4.69) is 5.10 Å². The molecule has 2 aromatic carbocycles. The Kier molecular flexibility index (Phi) is 4.29. The van der Waals surface area contributed by atoms with E-state index in [-0.39, 0.29) is 17.8 Å². The van der Waals surface area contributed by atoms with Gasteiger partial charge in [-0.3, -0.25) is 14.6 Å². The van der Waals surface area contributed by atoms with Crippen molar-refractivity contribution in [2.75, 3.05) is 6.61 Å². The van der Waals surface area contributed by atoms with Crippen molar-refractivity contribution in [1.29, 1.82) is 0 Å². The van der Waals surface area contributed by atoms with Crippen molar-refractivity contribution in [3.8, 4) is 0 Å². The zero-order chi connectivity index (χ0) is 18.1. The molecule has 26 heavy (non-hydrogen) atoms. The van der Waals surface area contributed by atoms with Crippen LogP contribution in [0.5, 0.6) is 0 Å². The Morgan fingerprint density at radius 1 is 1.12 bits per heavy atom. The number of nitrogens with zero attached hydrogens (tertiary/aromatic N) is 2. The molecule has 1 saturated heterocycles. The summed E-state index contributed by atoms with van der Waals surface area (Å²) in [5.41, 5.74) is 2.63. The molecule has 2 aliphatic heterocycles. The van der Waals surface area contributed by atoms with E-state index in [1.54, 1.807) is 30.3 Å². The molecule has 0 spiro atoms. The van der Waals surface area contributed by atoms with Crippen LogP contribution in [0.1, 0.15) is 40.9 Å². The molecule has 0 bridgehead atoms. The molecule has 0 N–H and O–H groups in total. The highest BCUT2D eigenvalue weighted by atomic mass is 16.5. The lowest BCUT2D eigenvalue weighted by Crippen LogP contribution is -2.36. The van der Waals surface area contributed by atoms with Gasteiger partial charge in [0.15, 0.2) is 5.78 Å². The first kappa shape index (κ1) is 16.5. The Balaban J connectivity index is 1.73. The maximum Gasteiger partial charge on any atom is 0.311 e. The van der Waals surface area contributed by atoms with Crippen LogP contribution in [0.15, 0.2) is 59.7 Å². The fourth-order valence-electron chi connectivity index (χ4n) is 3.89. The number of hydrazone groups is 1. The molecule has 3 atom stereocenters. The van der Waals surface area contributed by atoms with Crippen LogP contribution < -0.4 is 0 Å². The van der Waals surface area contributed by atoms with Crippen molar-refractivity contribution >= 4 is 18.0 Å². The van der Waals surface area contributed by atoms with Gasteiger partial charge >= 0.3 is 5.97 Å². The molecule has 132 valence electrons. The van der Waals surface area contributed by atoms with Gasteiger partial charge in [-0.1, -0.05) is 54.6 Å². The molecule has 2 aliphatic rings. The van der Waals surface area contributed by atoms with E-state index in [1.807, 2.05) is 42.5 Å². The maximum atomic E-state index is 13.1. The van der Waals surface area contributed by atoms with Crippen molar-refractivity contribution in [3.05, 3.63) is 71.3 Å². The number of benzene rings is 2. The molecule has 2 aromatic rings. The van der Waals surface area contributed by atoms with Gasteiger partial charge in [-0.25, -0.2) is 0 Å². The predicted octanol–water partition coefficient (Wildman–Crippen LogP) is 3.21. The largest absolute Gasteiger partial charge is 0.466 e. The first-order valence-corrected chi connectivity index (χ1v) is 8.88. The molecule has 0 aromatic heterocycles. The molecule has 0 radical (unpaired) electrons. The normalized spacial score (nSPS) is 23.3. The van der Waals surface area contributed by atoms with Crippen LogP contribution in [-0.4, -0.2) is 35.6 Å². The summed E-state index contributed by atoms with van der Waals surface area (Å²) in [6, 6.07) is 16.3. The third-order valence-electron chi connectivity index (χ3n) is 5.06. The second-order valence-corrected chi connectivity index (χ2v) is 6.54. The topological polar surface area (TPSA) is 59.0 Å². The quantitative estimate of drug-likeness (QED) is 0.629. The minimum atomic E-state index is -0.471. The molecule has 5 heteroatoms. The monoisotopic (exact) mass is 348 g/mol. The van der Waals surface area contributed by atoms with E-state index >= 15 is 0 Å². The van der Waals surface area contributed by atoms with E-state index in [1.165, 1.54) is 0 Å². The Labute approximate surface area is 152 Å². The highest BCUT2D eigenvalue weighted by molar-refractivity contribution is 6.01. The average Bonchev–Trinajstić information content (AvgIpc) is 3.08. The van der Waals surface area contributed by atoms with Crippen LogP contribution >= 0.6 is 0 Å². The number of Topliss-reactive ketones (excluding diaryl/α,β-unsaturated/α-hetero) is 1. The number of esters is 1. The summed E-state index contributed by atoms with van der Waals surface area (Å²) >= 11 is 0. The number of carbonyl (C=O) groups excluding carboxylic acids is 2. The van der Waals surface area contributed by atoms with Crippen molar-refractivity contribution in [2.45, 2.75) is 25.4 Å². The van der Waals surface area contributed by atoms with Gasteiger partial charge in [0.05, 0.1) is 24.8 Å². The third kappa shape index (κ3) is 2.69. The Morgan fingerprint density at radius 3 is 2.62 bits per heavy atom. The van der Waals surface area contributed by atoms with Crippen molar-refractivity contribution in [1.82, 2.24) is 5.01 Å². The van der Waals surface area contributed by atoms with E-state index in [0.29, 0.717) is 18.6 Å². The van der Waals surface area contributed by atoms with Gasteiger partial charge in [0.25, 0.3) is 0 Å². The first-order chi connectivity index (χ1) is 12.7. The molecule has 0 saturated carbocycles. The molecule has 0 aliphatic carbocycles. The van der Waals surface area contributed by atoms with Crippen LogP contribution in [-0.2, 0) is 9.53 Å². The highest BCUT2D eigenvalue weighted by Gasteiger charge is 2.50. The van der Waals surface area contributed by atoms with Crippen molar-refractivity contribution in [2.24, 2.45) is 11.0 Å². The minimum absolute atomic E-state index is 0.0149. The lowest BCUT2D eigenvalue weighted by molar-refractivity contribution is -0.149. The van der Waals surface area contributed by atoms with Gasteiger partial charge in [-0.2, -0.15) is 5.10 Å². The number of ether oxygens (including phenoxy) is 1. The van der Waals surface area contributed by atoms with Gasteiger partial charge in [0, 0.05) is 5.56 Å². The first-order valence-electron chi connectivity index (χ1n) is 8.88. The summed E-state index contributed by atoms with van der Waals surface area (Å²) in [6.45, 7) is 2.12. The van der Waals surface area contributed by atoms with Gasteiger partial charge in [-0.05, 0) is 24.5 Å². The number of fused-ring (bicyclic) bond motifs is 3. The fraction of sp³-hybridized carbons (Fsp3) is 0.286. The highest BCUT2D eigenvalue weighted by Crippen LogP contribution is 2.45. The van der Waals surface area contributed by atoms with Crippen LogP contribution in [0, 0.1) is 5.92 Å². The zero-order valence-electron chi connectivity index (χ0n) is 14.5. The second-order valence-electron chi connectivity index (χ2n) is 6.54. The standard InChI is InChI=1S/C21H20N2O3/c1-2-26-21(25)17-12-18(20(24)14-8-4-3-5-9-14)23-19(17)16-11-7-6-10-15(16)13-22-23/h3-11,13,17-19H,2,12H2,1H3/t17-,18-,19?/m1/s1. The Morgan fingerprint density at radius 2 is 1.85 bits per heavy atom. The van der Waals surface area contributed by atoms with E-state index in [0.717, 1.165) is 11.1 Å². The van der Waals surface area contributed by atoms with Crippen molar-refractivity contribution in [3.63, 3.8) is 0 Å². The molecule has 2 heterocycles. The molecular formula is C21H20N2O3. The van der Waals surface area contributed by atoms with Gasteiger partial charge in [-0.15, -0.1) is 0 Å². The van der Waals surface area contributed by atoms with Gasteiger partial charge in [0.2, 0.25) is 0 Å². The van der Waals surface area contributed by atoms with E-state index in [4.69, 9.17) is 4.74 Å². The van der Waals surface area contributed by atoms with Crippen LogP contribution in [0.25, 0.3) is 0 Å². The number of hydrogen-bond acceptors (Lipinski definition) is 5. The maximum absolute atomic E-state index is 13.1. The van der Waals surface area contributed by atoms with Crippen LogP contribution in [0.3, 0.4) is 0 Å². The number of hydrogen-bond donors (Lipinski definition) is 0. The Hall–Kier alpha value is -2.95. The second kappa shape index (κ2) is 6.75. The summed E-state index contributed by atoms with van der Waals surface area (Å²) in [4.78, 5) is 25.7. The summed E-state index contributed by atoms with van der Waals surface area (Å²) in [7, 11) is 0. The number of ketones is 1. The van der Waals surface area contributed by atoms with Gasteiger partial charge < -0.3 is 4.74 Å². The number of rotatable bonds is 4. The SMILES string of the molecule is CCOC(=O)[C@@H]1C[C@H](C(=O)c2ccccc2)N2N=Cc3ccccc3C12. The van der Waals surface area contributed by atoms with Crippen LogP contribution in [0.2, 0.25) is 0 Å². The van der Waals surface area contributed by atoms with Crippen molar-refractivity contribution < 1.29 is 14.3 Å². The molecule has 5 nitrogen and oxygen atoms in total. The number of carbonyl (C=O) groups is 2. The molecule has 0 amide bonds. The smallest absolute Gasteiger partial charge is 0.311 e. The molecule has 1 unspecified atom stereocenters. The predicted molar refractivity (Wildman–Crippen MR) is 97.9 cm³/mol. The molecule has 1 fully saturated rings. The lowest BCUT2D eigenvalue weighted by atomic mass is 9.89. The van der Waals surface area contributed by atoms with Crippen LogP contribution in [0.4, 0.5) is 0 Å². The zero-order valence-corrected chi connectivity index (χ0v) is 14.5.